The van der Waals surface area contributed by atoms with E-state index < -0.39 is 17.3 Å². The highest BCUT2D eigenvalue weighted by Gasteiger charge is 2.18. The standard InChI is InChI=1S/C24H16FN3O4/c1-3-21(29)26-20-12-18(19-13-28(2)24(31)17-7-5-4-6-16(17)19)23(27-22(20)30)32-15-10-8-14(25)9-11-15/h1,4-13H,2H3,(H,26,29)(H,27,30). The van der Waals surface area contributed by atoms with Gasteiger partial charge in [0.1, 0.15) is 17.3 Å². The van der Waals surface area contributed by atoms with E-state index in [1.54, 1.807) is 37.5 Å². The third-order valence-corrected chi connectivity index (χ3v) is 4.80. The molecular weight excluding hydrogens is 413 g/mol. The van der Waals surface area contributed by atoms with Gasteiger partial charge in [-0.05, 0) is 47.7 Å². The lowest BCUT2D eigenvalue weighted by molar-refractivity contribution is -0.111. The minimum Gasteiger partial charge on any atom is -0.440 e. The van der Waals surface area contributed by atoms with Crippen molar-refractivity contribution in [1.82, 2.24) is 9.55 Å². The molecule has 2 N–H and O–H groups in total. The summed E-state index contributed by atoms with van der Waals surface area (Å²) in [6.45, 7) is 0. The van der Waals surface area contributed by atoms with Crippen molar-refractivity contribution in [2.75, 3.05) is 5.32 Å². The number of nitrogens with zero attached hydrogens (tertiary/aromatic N) is 1. The molecule has 2 aromatic heterocycles. The minimum absolute atomic E-state index is 0.0455. The van der Waals surface area contributed by atoms with Crippen LogP contribution in [0.15, 0.2) is 70.4 Å². The molecule has 0 spiro atoms. The molecule has 0 fully saturated rings. The van der Waals surface area contributed by atoms with Gasteiger partial charge in [-0.15, -0.1) is 6.42 Å². The second-order valence-corrected chi connectivity index (χ2v) is 6.91. The van der Waals surface area contributed by atoms with Gasteiger partial charge >= 0.3 is 0 Å². The van der Waals surface area contributed by atoms with Crippen molar-refractivity contribution >= 4 is 22.4 Å². The normalized spacial score (nSPS) is 10.5. The van der Waals surface area contributed by atoms with E-state index in [0.29, 0.717) is 21.9 Å². The summed E-state index contributed by atoms with van der Waals surface area (Å²) in [6, 6.07) is 13.6. The lowest BCUT2D eigenvalue weighted by Gasteiger charge is -2.15. The molecule has 4 aromatic rings. The molecule has 8 heteroatoms. The van der Waals surface area contributed by atoms with Gasteiger partial charge in [0.15, 0.2) is 0 Å². The van der Waals surface area contributed by atoms with Crippen LogP contribution in [0.3, 0.4) is 0 Å². The number of rotatable bonds is 4. The number of terminal acetylenes is 1. The first-order valence-electron chi connectivity index (χ1n) is 9.44. The Hall–Kier alpha value is -4.64. The van der Waals surface area contributed by atoms with Crippen molar-refractivity contribution in [3.8, 4) is 35.1 Å². The number of benzene rings is 2. The highest BCUT2D eigenvalue weighted by Crippen LogP contribution is 2.35. The van der Waals surface area contributed by atoms with Crippen LogP contribution >= 0.6 is 0 Å². The number of amides is 1. The third kappa shape index (κ3) is 3.87. The van der Waals surface area contributed by atoms with Gasteiger partial charge < -0.3 is 14.6 Å². The number of fused-ring (bicyclic) bond motifs is 1. The van der Waals surface area contributed by atoms with Gasteiger partial charge in [-0.3, -0.25) is 19.4 Å². The van der Waals surface area contributed by atoms with Crippen molar-refractivity contribution in [2.24, 2.45) is 7.05 Å². The van der Waals surface area contributed by atoms with Crippen LogP contribution in [0.4, 0.5) is 10.1 Å². The summed E-state index contributed by atoms with van der Waals surface area (Å²) in [5.41, 5.74) is 0.00637. The number of anilines is 1. The first-order chi connectivity index (χ1) is 15.4. The van der Waals surface area contributed by atoms with E-state index >= 15 is 0 Å². The summed E-state index contributed by atoms with van der Waals surface area (Å²) < 4.78 is 20.5. The van der Waals surface area contributed by atoms with Crippen LogP contribution in [-0.4, -0.2) is 15.5 Å². The molecule has 2 heterocycles. The maximum Gasteiger partial charge on any atom is 0.300 e. The topological polar surface area (TPSA) is 93.2 Å². The second kappa shape index (κ2) is 8.24. The Morgan fingerprint density at radius 2 is 1.78 bits per heavy atom. The Morgan fingerprint density at radius 3 is 2.47 bits per heavy atom. The maximum atomic E-state index is 13.3. The highest BCUT2D eigenvalue weighted by molar-refractivity contribution is 6.04. The van der Waals surface area contributed by atoms with Crippen molar-refractivity contribution < 1.29 is 13.9 Å². The maximum absolute atomic E-state index is 13.3. The number of pyridine rings is 2. The molecule has 158 valence electrons. The van der Waals surface area contributed by atoms with Gasteiger partial charge in [-0.2, -0.15) is 0 Å². The van der Waals surface area contributed by atoms with E-state index in [0.717, 1.165) is 0 Å². The lowest BCUT2D eigenvalue weighted by atomic mass is 10.0. The van der Waals surface area contributed by atoms with E-state index in [1.165, 1.54) is 34.9 Å². The number of hydrogen-bond donors (Lipinski definition) is 2. The Labute approximate surface area is 181 Å². The molecule has 1 amide bonds. The summed E-state index contributed by atoms with van der Waals surface area (Å²) in [6.07, 6.45) is 6.71. The zero-order valence-electron chi connectivity index (χ0n) is 16.8. The van der Waals surface area contributed by atoms with Crippen LogP contribution in [0, 0.1) is 18.2 Å². The quantitative estimate of drug-likeness (QED) is 0.487. The zero-order valence-corrected chi connectivity index (χ0v) is 16.8. The molecule has 4 rings (SSSR count). The predicted molar refractivity (Wildman–Crippen MR) is 119 cm³/mol. The van der Waals surface area contributed by atoms with Crippen LogP contribution in [0.5, 0.6) is 11.6 Å². The number of nitrogens with one attached hydrogen (secondary N) is 2. The molecule has 0 radical (unpaired) electrons. The molecule has 7 nitrogen and oxygen atoms in total. The first kappa shape index (κ1) is 20.6. The van der Waals surface area contributed by atoms with Gasteiger partial charge in [0, 0.05) is 29.8 Å². The molecule has 2 aromatic carbocycles. The van der Waals surface area contributed by atoms with Crippen molar-refractivity contribution in [3.05, 3.63) is 87.3 Å². The van der Waals surface area contributed by atoms with Gasteiger partial charge in [0.25, 0.3) is 17.0 Å². The molecule has 0 unspecified atom stereocenters. The fraction of sp³-hybridized carbons (Fsp3) is 0.0417. The van der Waals surface area contributed by atoms with E-state index in [2.05, 4.69) is 10.3 Å². The Kier molecular flexibility index (Phi) is 5.31. The molecule has 0 aliphatic heterocycles. The smallest absolute Gasteiger partial charge is 0.300 e. The number of aromatic nitrogens is 2. The lowest BCUT2D eigenvalue weighted by Crippen LogP contribution is -2.20. The van der Waals surface area contributed by atoms with Crippen LogP contribution in [0.1, 0.15) is 0 Å². The molecular formula is C24H16FN3O4. The number of aromatic amines is 1. The van der Waals surface area contributed by atoms with Crippen LogP contribution in [0.25, 0.3) is 21.9 Å². The predicted octanol–water partition coefficient (Wildman–Crippen LogP) is 3.40. The number of ether oxygens (including phenoxy) is 1. The first-order valence-corrected chi connectivity index (χ1v) is 9.44. The van der Waals surface area contributed by atoms with Gasteiger partial charge in [-0.1, -0.05) is 18.2 Å². The third-order valence-electron chi connectivity index (χ3n) is 4.80. The summed E-state index contributed by atoms with van der Waals surface area (Å²) in [7, 11) is 1.60. The Morgan fingerprint density at radius 1 is 1.09 bits per heavy atom. The molecule has 0 saturated carbocycles. The highest BCUT2D eigenvalue weighted by atomic mass is 19.1. The van der Waals surface area contributed by atoms with E-state index in [9.17, 15) is 18.8 Å². The summed E-state index contributed by atoms with van der Waals surface area (Å²) in [4.78, 5) is 39.4. The molecule has 0 bridgehead atoms. The van der Waals surface area contributed by atoms with Gasteiger partial charge in [0.05, 0.1) is 0 Å². The number of hydrogen-bond acceptors (Lipinski definition) is 4. The van der Waals surface area contributed by atoms with Crippen molar-refractivity contribution in [3.63, 3.8) is 0 Å². The van der Waals surface area contributed by atoms with Gasteiger partial charge in [0.2, 0.25) is 5.88 Å². The number of H-pyrrole nitrogens is 1. The monoisotopic (exact) mass is 429 g/mol. The van der Waals surface area contributed by atoms with Crippen LogP contribution in [0.2, 0.25) is 0 Å². The second-order valence-electron chi connectivity index (χ2n) is 6.91. The molecule has 32 heavy (non-hydrogen) atoms. The number of carbonyl (C=O) groups excluding carboxylic acids is 1. The number of halogens is 1. The average molecular weight is 429 g/mol. The van der Waals surface area contributed by atoms with Crippen molar-refractivity contribution in [1.29, 1.82) is 0 Å². The van der Waals surface area contributed by atoms with E-state index in [1.807, 2.05) is 5.92 Å². The van der Waals surface area contributed by atoms with Crippen molar-refractivity contribution in [2.45, 2.75) is 0 Å². The summed E-state index contributed by atoms with van der Waals surface area (Å²) in [5.74, 6) is 0.977. The SMILES string of the molecule is C#CC(=O)Nc1cc(-c2cn(C)c(=O)c3ccccc23)c(Oc2ccc(F)cc2)[nH]c1=O. The largest absolute Gasteiger partial charge is 0.440 e. The molecule has 0 aliphatic carbocycles. The zero-order chi connectivity index (χ0) is 22.8. The van der Waals surface area contributed by atoms with Gasteiger partial charge in [-0.25, -0.2) is 4.39 Å². The molecule has 0 atom stereocenters. The Balaban J connectivity index is 1.99. The van der Waals surface area contributed by atoms with Crippen LogP contribution < -0.4 is 21.2 Å². The molecule has 0 aliphatic rings. The van der Waals surface area contributed by atoms with E-state index in [4.69, 9.17) is 11.2 Å². The fourth-order valence-electron chi connectivity index (χ4n) is 3.30. The fourth-order valence-corrected chi connectivity index (χ4v) is 3.30. The number of aryl methyl sites for hydroxylation is 1. The molecule has 0 saturated heterocycles. The minimum atomic E-state index is -0.793. The van der Waals surface area contributed by atoms with Crippen LogP contribution in [-0.2, 0) is 11.8 Å². The summed E-state index contributed by atoms with van der Waals surface area (Å²) in [5, 5.41) is 3.42. The van der Waals surface area contributed by atoms with E-state index in [-0.39, 0.29) is 22.9 Å². The average Bonchev–Trinajstić information content (AvgIpc) is 2.79. The Bertz CT molecular complexity index is 1510. The number of carbonyl (C=O) groups is 1. The summed E-state index contributed by atoms with van der Waals surface area (Å²) >= 11 is 0.